The molecule has 26 heavy (non-hydrogen) atoms. The number of nitrogens with zero attached hydrogens (tertiary/aromatic N) is 1. The molecule has 0 saturated carbocycles. The molecule has 3 aromatic rings. The smallest absolute Gasteiger partial charge is 0.341 e. The van der Waals surface area contributed by atoms with Gasteiger partial charge in [-0.3, -0.25) is 4.98 Å². The highest BCUT2D eigenvalue weighted by molar-refractivity contribution is 9.10. The van der Waals surface area contributed by atoms with Gasteiger partial charge in [-0.15, -0.1) is 0 Å². The summed E-state index contributed by atoms with van der Waals surface area (Å²) in [6, 6.07) is 11.4. The number of aromatic amines is 1. The van der Waals surface area contributed by atoms with Gasteiger partial charge in [-0.25, -0.2) is 9.20 Å². The van der Waals surface area contributed by atoms with E-state index in [1.807, 2.05) is 30.5 Å². The molecule has 0 aliphatic heterocycles. The van der Waals surface area contributed by atoms with E-state index in [1.54, 1.807) is 12.1 Å². The molecule has 0 spiro atoms. The van der Waals surface area contributed by atoms with E-state index >= 15 is 0 Å². The van der Waals surface area contributed by atoms with Crippen LogP contribution in [-0.4, -0.2) is 29.2 Å². The molecule has 0 radical (unpaired) electrons. The molecule has 136 valence electrons. The largest absolute Gasteiger partial charge is 0.482 e. The third kappa shape index (κ3) is 4.16. The number of carbonyl (C=O) groups is 1. The van der Waals surface area contributed by atoms with Crippen molar-refractivity contribution in [2.24, 2.45) is 0 Å². The Hall–Kier alpha value is -2.54. The Morgan fingerprint density at radius 1 is 1.27 bits per heavy atom. The number of carboxylic acid groups (broad SMARTS) is 1. The monoisotopic (exact) mass is 418 g/mol. The normalized spacial score (nSPS) is 10.8. The summed E-state index contributed by atoms with van der Waals surface area (Å²) in [6.07, 6.45) is 4.23. The number of aliphatic carboxylic acids is 1. The zero-order valence-electron chi connectivity index (χ0n) is 14.5. The summed E-state index contributed by atoms with van der Waals surface area (Å²) in [5.41, 5.74) is 2.95. The molecule has 6 nitrogen and oxygen atoms in total. The molecule has 0 saturated heterocycles. The molecule has 1 aromatic carbocycles. The van der Waals surface area contributed by atoms with Gasteiger partial charge in [-0.2, -0.15) is 0 Å². The Morgan fingerprint density at radius 3 is 2.73 bits per heavy atom. The fourth-order valence-electron chi connectivity index (χ4n) is 2.70. The number of pyridine rings is 1. The van der Waals surface area contributed by atoms with Gasteiger partial charge in [-0.1, -0.05) is 13.3 Å². The first-order valence-corrected chi connectivity index (χ1v) is 9.29. The molecule has 0 unspecified atom stereocenters. The van der Waals surface area contributed by atoms with Crippen LogP contribution in [0.4, 0.5) is 5.82 Å². The third-order valence-electron chi connectivity index (χ3n) is 3.97. The van der Waals surface area contributed by atoms with Crippen LogP contribution in [0.1, 0.15) is 19.8 Å². The lowest BCUT2D eigenvalue weighted by Crippen LogP contribution is -2.24. The summed E-state index contributed by atoms with van der Waals surface area (Å²) in [5.74, 6) is 0.534. The lowest BCUT2D eigenvalue weighted by Gasteiger charge is -2.05. The van der Waals surface area contributed by atoms with Crippen molar-refractivity contribution >= 4 is 33.4 Å². The Kier molecular flexibility index (Phi) is 5.78. The molecule has 0 amide bonds. The Balaban J connectivity index is 1.95. The Labute approximate surface area is 160 Å². The summed E-state index contributed by atoms with van der Waals surface area (Å²) < 4.78 is 8.29. The average Bonchev–Trinajstić information content (AvgIpc) is 2.98. The van der Waals surface area contributed by atoms with Gasteiger partial charge in [-0.05, 0) is 52.7 Å². The standard InChI is InChI=1S/C19H20BrN3O3/c1-2-3-10-21-19-18(22-16-9-6-14(20)11-23(16)19)13-4-7-15(8-5-13)26-12-17(24)25/h4-9,11,21H,2-3,10,12H2,1H3,(H,24,25)/p+1. The van der Waals surface area contributed by atoms with E-state index in [4.69, 9.17) is 9.84 Å². The first kappa shape index (κ1) is 18.3. The van der Waals surface area contributed by atoms with Gasteiger partial charge in [0, 0.05) is 16.1 Å². The van der Waals surface area contributed by atoms with Crippen LogP contribution in [0.15, 0.2) is 47.1 Å². The van der Waals surface area contributed by atoms with Gasteiger partial charge in [0.05, 0.1) is 12.7 Å². The highest BCUT2D eigenvalue weighted by Crippen LogP contribution is 2.27. The van der Waals surface area contributed by atoms with Crippen molar-refractivity contribution in [1.29, 1.82) is 0 Å². The van der Waals surface area contributed by atoms with Crippen LogP contribution in [0.5, 0.6) is 5.75 Å². The van der Waals surface area contributed by atoms with Crippen molar-refractivity contribution in [1.82, 2.24) is 4.98 Å². The maximum absolute atomic E-state index is 10.6. The number of H-pyrrole nitrogens is 1. The number of ether oxygens (including phenoxy) is 1. The van der Waals surface area contributed by atoms with Crippen molar-refractivity contribution in [2.45, 2.75) is 19.8 Å². The van der Waals surface area contributed by atoms with Gasteiger partial charge in [0.25, 0.3) is 5.82 Å². The average molecular weight is 419 g/mol. The first-order valence-electron chi connectivity index (χ1n) is 8.50. The van der Waals surface area contributed by atoms with E-state index in [2.05, 4.69) is 37.6 Å². The Morgan fingerprint density at radius 2 is 2.04 bits per heavy atom. The molecule has 0 atom stereocenters. The first-order chi connectivity index (χ1) is 12.6. The van der Waals surface area contributed by atoms with E-state index in [0.29, 0.717) is 5.75 Å². The minimum atomic E-state index is -0.992. The van der Waals surface area contributed by atoms with Gasteiger partial charge in [0.2, 0.25) is 5.65 Å². The second-order valence-electron chi connectivity index (χ2n) is 5.94. The second kappa shape index (κ2) is 8.23. The predicted molar refractivity (Wildman–Crippen MR) is 104 cm³/mol. The zero-order valence-corrected chi connectivity index (χ0v) is 16.0. The number of halogens is 1. The molecule has 0 bridgehead atoms. The quantitative estimate of drug-likeness (QED) is 0.383. The van der Waals surface area contributed by atoms with Crippen LogP contribution < -0.4 is 14.5 Å². The highest BCUT2D eigenvalue weighted by Gasteiger charge is 2.20. The number of imidazole rings is 1. The van der Waals surface area contributed by atoms with E-state index in [-0.39, 0.29) is 6.61 Å². The summed E-state index contributed by atoms with van der Waals surface area (Å²) >= 11 is 3.53. The van der Waals surface area contributed by atoms with Crippen molar-refractivity contribution in [3.8, 4) is 17.0 Å². The Bertz CT molecular complexity index is 906. The number of benzene rings is 1. The van der Waals surface area contributed by atoms with Crippen molar-refractivity contribution in [3.63, 3.8) is 0 Å². The molecule has 2 aromatic heterocycles. The number of fused-ring (bicyclic) bond motifs is 1. The molecule has 3 rings (SSSR count). The number of nitrogens with one attached hydrogen (secondary N) is 2. The molecule has 0 aliphatic rings. The van der Waals surface area contributed by atoms with Gasteiger partial charge in [0.15, 0.2) is 12.3 Å². The van der Waals surface area contributed by atoms with Gasteiger partial charge >= 0.3 is 5.97 Å². The molecular weight excluding hydrogens is 398 g/mol. The number of hydrogen-bond acceptors (Lipinski definition) is 3. The van der Waals surface area contributed by atoms with Crippen LogP contribution >= 0.6 is 15.9 Å². The minimum Gasteiger partial charge on any atom is -0.482 e. The molecule has 3 N–H and O–H groups in total. The zero-order chi connectivity index (χ0) is 18.5. The van der Waals surface area contributed by atoms with Crippen LogP contribution in [0.3, 0.4) is 0 Å². The van der Waals surface area contributed by atoms with Crippen molar-refractivity contribution in [2.75, 3.05) is 18.5 Å². The molecule has 7 heteroatoms. The lowest BCUT2D eigenvalue weighted by atomic mass is 10.1. The topological polar surface area (TPSA) is 78.4 Å². The highest BCUT2D eigenvalue weighted by atomic mass is 79.9. The second-order valence-corrected chi connectivity index (χ2v) is 6.85. The summed E-state index contributed by atoms with van der Waals surface area (Å²) in [7, 11) is 0. The number of carboxylic acids is 1. The minimum absolute atomic E-state index is 0.348. The predicted octanol–water partition coefficient (Wildman–Crippen LogP) is 3.86. The van der Waals surface area contributed by atoms with Crippen molar-refractivity contribution < 1.29 is 19.0 Å². The number of anilines is 1. The van der Waals surface area contributed by atoms with Crippen LogP contribution in [0.25, 0.3) is 16.9 Å². The SMILES string of the molecule is CCCCNc1c(-c2ccc(OCC(=O)O)cc2)[nH]c2ccc(Br)c[n+]12. The number of hydrogen-bond donors (Lipinski definition) is 3. The van der Waals surface area contributed by atoms with Crippen molar-refractivity contribution in [3.05, 3.63) is 47.1 Å². The summed E-state index contributed by atoms with van der Waals surface area (Å²) in [6.45, 7) is 2.70. The third-order valence-corrected chi connectivity index (χ3v) is 4.44. The van der Waals surface area contributed by atoms with Crippen LogP contribution in [0.2, 0.25) is 0 Å². The molecular formula is C19H21BrN3O3+. The fourth-order valence-corrected chi connectivity index (χ4v) is 3.04. The lowest BCUT2D eigenvalue weighted by molar-refractivity contribution is -0.495. The van der Waals surface area contributed by atoms with Crippen LogP contribution in [0, 0.1) is 0 Å². The van der Waals surface area contributed by atoms with E-state index < -0.39 is 5.97 Å². The molecule has 0 aliphatic carbocycles. The fraction of sp³-hybridized carbons (Fsp3) is 0.263. The summed E-state index contributed by atoms with van der Waals surface area (Å²) in [5, 5.41) is 12.2. The van der Waals surface area contributed by atoms with E-state index in [9.17, 15) is 4.79 Å². The number of rotatable bonds is 8. The van der Waals surface area contributed by atoms with Crippen LogP contribution in [-0.2, 0) is 4.79 Å². The maximum atomic E-state index is 10.6. The maximum Gasteiger partial charge on any atom is 0.341 e. The van der Waals surface area contributed by atoms with E-state index in [0.717, 1.165) is 46.6 Å². The molecule has 2 heterocycles. The number of unbranched alkanes of at least 4 members (excludes halogenated alkanes) is 1. The van der Waals surface area contributed by atoms with E-state index in [1.165, 1.54) is 0 Å². The number of aromatic nitrogens is 2. The summed E-state index contributed by atoms with van der Waals surface area (Å²) in [4.78, 5) is 14.1. The van der Waals surface area contributed by atoms with Gasteiger partial charge in [0.1, 0.15) is 5.75 Å². The van der Waals surface area contributed by atoms with Gasteiger partial charge < -0.3 is 15.2 Å². The molecule has 0 fully saturated rings.